The molecule has 6 heteroatoms. The molecule has 1 N–H and O–H groups in total. The van der Waals surface area contributed by atoms with Crippen LogP contribution >= 0.6 is 0 Å². The van der Waals surface area contributed by atoms with E-state index in [1.54, 1.807) is 42.5 Å². The van der Waals surface area contributed by atoms with E-state index in [0.717, 1.165) is 23.5 Å². The molecule has 3 rings (SSSR count). The second-order valence-corrected chi connectivity index (χ2v) is 7.05. The Labute approximate surface area is 130 Å². The Balaban J connectivity index is 1.89. The number of aryl methyl sites for hydroxylation is 1. The van der Waals surface area contributed by atoms with Crippen molar-refractivity contribution in [3.8, 4) is 5.75 Å². The van der Waals surface area contributed by atoms with Crippen LogP contribution in [0.4, 0.5) is 11.4 Å². The van der Waals surface area contributed by atoms with Crippen molar-refractivity contribution >= 4 is 21.4 Å². The summed E-state index contributed by atoms with van der Waals surface area (Å²) in [5, 5.41) is 0. The molecule has 0 amide bonds. The van der Waals surface area contributed by atoms with Gasteiger partial charge in [-0.2, -0.15) is 0 Å². The SMILES string of the molecule is Cc1ccc(S(=O)(=O)Nc2ccc3c(c2)N(C)CCO3)cc1. The Bertz CT molecular complexity index is 786. The Morgan fingerprint density at radius 3 is 2.59 bits per heavy atom. The van der Waals surface area contributed by atoms with Gasteiger partial charge in [-0.05, 0) is 37.3 Å². The molecule has 0 unspecified atom stereocenters. The highest BCUT2D eigenvalue weighted by atomic mass is 32.2. The smallest absolute Gasteiger partial charge is 0.261 e. The lowest BCUT2D eigenvalue weighted by Crippen LogP contribution is -2.28. The molecule has 1 heterocycles. The third-order valence-corrected chi connectivity index (χ3v) is 5.04. The highest BCUT2D eigenvalue weighted by Gasteiger charge is 2.18. The molecule has 2 aromatic rings. The normalized spacial score (nSPS) is 14.2. The van der Waals surface area contributed by atoms with Crippen molar-refractivity contribution in [3.63, 3.8) is 0 Å². The van der Waals surface area contributed by atoms with Crippen molar-refractivity contribution in [1.29, 1.82) is 0 Å². The van der Waals surface area contributed by atoms with Gasteiger partial charge in [-0.3, -0.25) is 4.72 Å². The highest BCUT2D eigenvalue weighted by Crippen LogP contribution is 2.33. The van der Waals surface area contributed by atoms with Crippen LogP contribution in [-0.4, -0.2) is 28.6 Å². The minimum Gasteiger partial charge on any atom is -0.490 e. The molecule has 0 atom stereocenters. The largest absolute Gasteiger partial charge is 0.490 e. The molecule has 2 aromatic carbocycles. The van der Waals surface area contributed by atoms with Gasteiger partial charge in [-0.15, -0.1) is 0 Å². The maximum Gasteiger partial charge on any atom is 0.261 e. The van der Waals surface area contributed by atoms with Crippen LogP contribution in [0.2, 0.25) is 0 Å². The first-order valence-electron chi connectivity index (χ1n) is 7.03. The summed E-state index contributed by atoms with van der Waals surface area (Å²) in [6, 6.07) is 12.1. The molecule has 22 heavy (non-hydrogen) atoms. The van der Waals surface area contributed by atoms with E-state index in [9.17, 15) is 8.42 Å². The summed E-state index contributed by atoms with van der Waals surface area (Å²) in [6.45, 7) is 3.34. The van der Waals surface area contributed by atoms with E-state index in [1.165, 1.54) is 0 Å². The zero-order valence-corrected chi connectivity index (χ0v) is 13.4. The van der Waals surface area contributed by atoms with Crippen LogP contribution in [0.15, 0.2) is 47.4 Å². The van der Waals surface area contributed by atoms with Gasteiger partial charge in [0.1, 0.15) is 12.4 Å². The highest BCUT2D eigenvalue weighted by molar-refractivity contribution is 7.92. The molecule has 0 saturated heterocycles. The molecule has 0 spiro atoms. The fraction of sp³-hybridized carbons (Fsp3) is 0.250. The molecule has 0 aromatic heterocycles. The summed E-state index contributed by atoms with van der Waals surface area (Å²) in [7, 11) is -1.63. The van der Waals surface area contributed by atoms with Crippen LogP contribution in [0.5, 0.6) is 5.75 Å². The van der Waals surface area contributed by atoms with E-state index < -0.39 is 10.0 Å². The maximum absolute atomic E-state index is 12.4. The van der Waals surface area contributed by atoms with Gasteiger partial charge in [-0.1, -0.05) is 17.7 Å². The summed E-state index contributed by atoms with van der Waals surface area (Å²) in [5.41, 5.74) is 2.43. The summed E-state index contributed by atoms with van der Waals surface area (Å²) in [5.74, 6) is 0.770. The predicted octanol–water partition coefficient (Wildman–Crippen LogP) is 2.62. The van der Waals surface area contributed by atoms with Crippen LogP contribution in [0.3, 0.4) is 0 Å². The van der Waals surface area contributed by atoms with Gasteiger partial charge < -0.3 is 9.64 Å². The van der Waals surface area contributed by atoms with E-state index in [4.69, 9.17) is 4.74 Å². The Hall–Kier alpha value is -2.21. The first kappa shape index (κ1) is 14.7. The molecule has 0 saturated carbocycles. The number of hydrogen-bond acceptors (Lipinski definition) is 4. The predicted molar refractivity (Wildman–Crippen MR) is 87.2 cm³/mol. The van der Waals surface area contributed by atoms with E-state index in [1.807, 2.05) is 18.9 Å². The van der Waals surface area contributed by atoms with Crippen molar-refractivity contribution in [3.05, 3.63) is 48.0 Å². The van der Waals surface area contributed by atoms with Crippen molar-refractivity contribution in [1.82, 2.24) is 0 Å². The van der Waals surface area contributed by atoms with Crippen molar-refractivity contribution in [2.75, 3.05) is 29.8 Å². The van der Waals surface area contributed by atoms with E-state index in [0.29, 0.717) is 12.3 Å². The summed E-state index contributed by atoms with van der Waals surface area (Å²) in [6.07, 6.45) is 0. The third kappa shape index (κ3) is 2.87. The fourth-order valence-electron chi connectivity index (χ4n) is 2.35. The minimum atomic E-state index is -3.58. The van der Waals surface area contributed by atoms with Crippen LogP contribution in [0, 0.1) is 6.92 Å². The number of hydrogen-bond donors (Lipinski definition) is 1. The van der Waals surface area contributed by atoms with Gasteiger partial charge in [0.2, 0.25) is 0 Å². The number of ether oxygens (including phenoxy) is 1. The second kappa shape index (κ2) is 5.53. The molecule has 1 aliphatic rings. The number of rotatable bonds is 3. The maximum atomic E-state index is 12.4. The number of anilines is 2. The zero-order chi connectivity index (χ0) is 15.7. The van der Waals surface area contributed by atoms with E-state index in [-0.39, 0.29) is 4.90 Å². The van der Waals surface area contributed by atoms with Crippen LogP contribution < -0.4 is 14.4 Å². The minimum absolute atomic E-state index is 0.250. The molecule has 0 bridgehead atoms. The summed E-state index contributed by atoms with van der Waals surface area (Å²) >= 11 is 0. The van der Waals surface area contributed by atoms with Crippen LogP contribution in [0.1, 0.15) is 5.56 Å². The number of benzene rings is 2. The van der Waals surface area contributed by atoms with Crippen molar-refractivity contribution in [2.24, 2.45) is 0 Å². The third-order valence-electron chi connectivity index (χ3n) is 3.64. The van der Waals surface area contributed by atoms with Gasteiger partial charge in [-0.25, -0.2) is 8.42 Å². The average Bonchev–Trinajstić information content (AvgIpc) is 2.48. The molecule has 0 aliphatic carbocycles. The second-order valence-electron chi connectivity index (χ2n) is 5.37. The Morgan fingerprint density at radius 1 is 1.14 bits per heavy atom. The first-order valence-corrected chi connectivity index (χ1v) is 8.51. The number of likely N-dealkylation sites (N-methyl/N-ethyl adjacent to an activating group) is 1. The Kier molecular flexibility index (Phi) is 3.70. The lowest BCUT2D eigenvalue weighted by atomic mass is 10.2. The summed E-state index contributed by atoms with van der Waals surface area (Å²) < 4.78 is 33.0. The van der Waals surface area contributed by atoms with Gasteiger partial charge in [0.15, 0.2) is 0 Å². The molecule has 5 nitrogen and oxygen atoms in total. The molecule has 116 valence electrons. The topological polar surface area (TPSA) is 58.6 Å². The number of fused-ring (bicyclic) bond motifs is 1. The van der Waals surface area contributed by atoms with Gasteiger partial charge >= 0.3 is 0 Å². The van der Waals surface area contributed by atoms with E-state index >= 15 is 0 Å². The summed E-state index contributed by atoms with van der Waals surface area (Å²) in [4.78, 5) is 2.29. The van der Waals surface area contributed by atoms with Crippen molar-refractivity contribution < 1.29 is 13.2 Å². The van der Waals surface area contributed by atoms with Gasteiger partial charge in [0.05, 0.1) is 22.8 Å². The van der Waals surface area contributed by atoms with Crippen LogP contribution in [0.25, 0.3) is 0 Å². The first-order chi connectivity index (χ1) is 10.5. The van der Waals surface area contributed by atoms with Crippen LogP contribution in [-0.2, 0) is 10.0 Å². The molecular formula is C16H18N2O3S. The fourth-order valence-corrected chi connectivity index (χ4v) is 3.40. The number of nitrogens with one attached hydrogen (secondary N) is 1. The molecular weight excluding hydrogens is 300 g/mol. The lowest BCUT2D eigenvalue weighted by molar-refractivity contribution is 0.311. The standard InChI is InChI=1S/C16H18N2O3S/c1-12-3-6-14(7-4-12)22(19,20)17-13-5-8-16-15(11-13)18(2)9-10-21-16/h3-8,11,17H,9-10H2,1-2H3. The van der Waals surface area contributed by atoms with Gasteiger partial charge in [0.25, 0.3) is 10.0 Å². The molecule has 0 fully saturated rings. The van der Waals surface area contributed by atoms with E-state index in [2.05, 4.69) is 4.72 Å². The van der Waals surface area contributed by atoms with Crippen molar-refractivity contribution in [2.45, 2.75) is 11.8 Å². The van der Waals surface area contributed by atoms with Gasteiger partial charge in [0, 0.05) is 7.05 Å². The zero-order valence-electron chi connectivity index (χ0n) is 12.5. The number of nitrogens with zero attached hydrogens (tertiary/aromatic N) is 1. The molecule has 1 aliphatic heterocycles. The Morgan fingerprint density at radius 2 is 1.86 bits per heavy atom. The number of sulfonamides is 1. The monoisotopic (exact) mass is 318 g/mol. The average molecular weight is 318 g/mol. The molecule has 0 radical (unpaired) electrons. The lowest BCUT2D eigenvalue weighted by Gasteiger charge is -2.28. The quantitative estimate of drug-likeness (QED) is 0.945.